The standard InChI is InChI=1S/C11H13FN2O2/c12-9-3-1-2-7(4-9)8-5-10(6-8)14(16)11(13)15/h1-4,8,10,16H,5-6H2,(H2,13,15). The van der Waals surface area contributed by atoms with Gasteiger partial charge in [0, 0.05) is 0 Å². The molecule has 5 heteroatoms. The van der Waals surface area contributed by atoms with Gasteiger partial charge in [-0.25, -0.2) is 14.2 Å². The van der Waals surface area contributed by atoms with E-state index >= 15 is 0 Å². The SMILES string of the molecule is NC(=O)N(O)C1CC(c2cccc(F)c2)C1. The van der Waals surface area contributed by atoms with Gasteiger partial charge < -0.3 is 5.73 Å². The summed E-state index contributed by atoms with van der Waals surface area (Å²) in [5, 5.41) is 9.80. The molecule has 0 unspecified atom stereocenters. The van der Waals surface area contributed by atoms with Gasteiger partial charge in [-0.2, -0.15) is 0 Å². The Hall–Kier alpha value is -1.62. The number of primary amides is 1. The lowest BCUT2D eigenvalue weighted by atomic mass is 9.76. The Labute approximate surface area is 92.4 Å². The van der Waals surface area contributed by atoms with Crippen molar-refractivity contribution >= 4 is 6.03 Å². The maximum Gasteiger partial charge on any atom is 0.338 e. The number of hydrogen-bond acceptors (Lipinski definition) is 2. The van der Waals surface area contributed by atoms with Crippen molar-refractivity contribution in [2.45, 2.75) is 24.8 Å². The monoisotopic (exact) mass is 224 g/mol. The van der Waals surface area contributed by atoms with Crippen LogP contribution in [0.4, 0.5) is 9.18 Å². The minimum absolute atomic E-state index is 0.190. The maximum atomic E-state index is 12.9. The molecule has 1 fully saturated rings. The predicted molar refractivity (Wildman–Crippen MR) is 55.4 cm³/mol. The number of hydroxylamine groups is 2. The summed E-state index contributed by atoms with van der Waals surface area (Å²) in [7, 11) is 0. The van der Waals surface area contributed by atoms with Gasteiger partial charge in [-0.1, -0.05) is 12.1 Å². The van der Waals surface area contributed by atoms with E-state index in [2.05, 4.69) is 0 Å². The van der Waals surface area contributed by atoms with Crippen LogP contribution < -0.4 is 5.73 Å². The van der Waals surface area contributed by atoms with Crippen molar-refractivity contribution in [3.63, 3.8) is 0 Å². The van der Waals surface area contributed by atoms with E-state index in [0.29, 0.717) is 17.9 Å². The minimum Gasteiger partial charge on any atom is -0.350 e. The molecule has 1 saturated carbocycles. The molecule has 4 nitrogen and oxygen atoms in total. The number of nitrogens with two attached hydrogens (primary N) is 1. The summed E-state index contributed by atoms with van der Waals surface area (Å²) in [5.74, 6) is -0.0774. The Morgan fingerprint density at radius 3 is 2.75 bits per heavy atom. The summed E-state index contributed by atoms with van der Waals surface area (Å²) in [6.07, 6.45) is 1.23. The van der Waals surface area contributed by atoms with Crippen LogP contribution in [0.3, 0.4) is 0 Å². The van der Waals surface area contributed by atoms with Crippen molar-refractivity contribution in [1.82, 2.24) is 5.06 Å². The molecule has 1 aliphatic rings. The quantitative estimate of drug-likeness (QED) is 0.594. The molecule has 1 aromatic rings. The second-order valence-corrected chi connectivity index (χ2v) is 4.06. The lowest BCUT2D eigenvalue weighted by Crippen LogP contribution is -2.47. The molecule has 0 radical (unpaired) electrons. The lowest BCUT2D eigenvalue weighted by Gasteiger charge is -2.39. The summed E-state index contributed by atoms with van der Waals surface area (Å²) < 4.78 is 12.9. The number of carbonyl (C=O) groups excluding carboxylic acids is 1. The van der Waals surface area contributed by atoms with Gasteiger partial charge in [-0.15, -0.1) is 0 Å². The van der Waals surface area contributed by atoms with E-state index in [-0.39, 0.29) is 17.8 Å². The topological polar surface area (TPSA) is 66.6 Å². The molecule has 2 amide bonds. The molecule has 2 rings (SSSR count). The fourth-order valence-corrected chi connectivity index (χ4v) is 2.00. The van der Waals surface area contributed by atoms with Gasteiger partial charge in [-0.05, 0) is 36.5 Å². The highest BCUT2D eigenvalue weighted by Crippen LogP contribution is 2.39. The van der Waals surface area contributed by atoms with Gasteiger partial charge in [0.05, 0.1) is 6.04 Å². The third-order valence-corrected chi connectivity index (χ3v) is 3.00. The van der Waals surface area contributed by atoms with E-state index in [0.717, 1.165) is 5.56 Å². The van der Waals surface area contributed by atoms with E-state index in [1.165, 1.54) is 12.1 Å². The number of amides is 2. The van der Waals surface area contributed by atoms with Gasteiger partial charge in [0.2, 0.25) is 0 Å². The number of rotatable bonds is 2. The molecular weight excluding hydrogens is 211 g/mol. The summed E-state index contributed by atoms with van der Waals surface area (Å²) >= 11 is 0. The summed E-state index contributed by atoms with van der Waals surface area (Å²) in [6, 6.07) is 5.28. The molecule has 86 valence electrons. The Kier molecular flexibility index (Phi) is 2.78. The number of nitrogens with zero attached hydrogens (tertiary/aromatic N) is 1. The number of benzene rings is 1. The van der Waals surface area contributed by atoms with Crippen molar-refractivity contribution in [2.24, 2.45) is 5.73 Å². The average Bonchev–Trinajstić information content (AvgIpc) is 2.15. The Morgan fingerprint density at radius 1 is 1.50 bits per heavy atom. The van der Waals surface area contributed by atoms with Crippen LogP contribution in [0.5, 0.6) is 0 Å². The van der Waals surface area contributed by atoms with E-state index in [4.69, 9.17) is 5.73 Å². The highest BCUT2D eigenvalue weighted by molar-refractivity contribution is 5.71. The van der Waals surface area contributed by atoms with Crippen molar-refractivity contribution in [2.75, 3.05) is 0 Å². The Morgan fingerprint density at radius 2 is 2.19 bits per heavy atom. The summed E-state index contributed by atoms with van der Waals surface area (Å²) in [5.41, 5.74) is 5.83. The molecule has 3 N–H and O–H groups in total. The minimum atomic E-state index is -0.845. The first-order valence-corrected chi connectivity index (χ1v) is 5.11. The number of hydrogen-bond donors (Lipinski definition) is 2. The molecular formula is C11H13FN2O2. The highest BCUT2D eigenvalue weighted by Gasteiger charge is 2.35. The van der Waals surface area contributed by atoms with Gasteiger partial charge >= 0.3 is 6.03 Å². The molecule has 0 aromatic heterocycles. The fourth-order valence-electron chi connectivity index (χ4n) is 2.00. The summed E-state index contributed by atoms with van der Waals surface area (Å²) in [4.78, 5) is 10.7. The molecule has 0 aliphatic heterocycles. The van der Waals surface area contributed by atoms with E-state index < -0.39 is 6.03 Å². The van der Waals surface area contributed by atoms with Gasteiger partial charge in [-0.3, -0.25) is 5.21 Å². The zero-order chi connectivity index (χ0) is 11.7. The third-order valence-electron chi connectivity index (χ3n) is 3.00. The number of carbonyl (C=O) groups is 1. The fraction of sp³-hybridized carbons (Fsp3) is 0.364. The van der Waals surface area contributed by atoms with Crippen LogP contribution in [0.15, 0.2) is 24.3 Å². The number of halogens is 1. The molecule has 16 heavy (non-hydrogen) atoms. The van der Waals surface area contributed by atoms with Crippen LogP contribution >= 0.6 is 0 Å². The van der Waals surface area contributed by atoms with Crippen LogP contribution in [-0.2, 0) is 0 Å². The van der Waals surface area contributed by atoms with Gasteiger partial charge in [0.15, 0.2) is 0 Å². The highest BCUT2D eigenvalue weighted by atomic mass is 19.1. The molecule has 0 spiro atoms. The predicted octanol–water partition coefficient (Wildman–Crippen LogP) is 1.84. The smallest absolute Gasteiger partial charge is 0.338 e. The Balaban J connectivity index is 1.96. The molecule has 1 aromatic carbocycles. The maximum absolute atomic E-state index is 12.9. The van der Waals surface area contributed by atoms with E-state index in [9.17, 15) is 14.4 Å². The van der Waals surface area contributed by atoms with Crippen LogP contribution in [0.25, 0.3) is 0 Å². The normalized spacial score (nSPS) is 23.6. The zero-order valence-electron chi connectivity index (χ0n) is 8.64. The van der Waals surface area contributed by atoms with Crippen molar-refractivity contribution in [3.8, 4) is 0 Å². The molecule has 0 bridgehead atoms. The first kappa shape index (κ1) is 10.9. The van der Waals surface area contributed by atoms with E-state index in [1.807, 2.05) is 6.07 Å². The Bertz CT molecular complexity index is 405. The largest absolute Gasteiger partial charge is 0.350 e. The number of urea groups is 1. The summed E-state index contributed by atoms with van der Waals surface area (Å²) in [6.45, 7) is 0. The van der Waals surface area contributed by atoms with Crippen LogP contribution in [-0.4, -0.2) is 22.3 Å². The third kappa shape index (κ3) is 1.99. The first-order chi connectivity index (χ1) is 7.58. The molecule has 0 heterocycles. The molecule has 1 aliphatic carbocycles. The zero-order valence-corrected chi connectivity index (χ0v) is 8.64. The van der Waals surface area contributed by atoms with Crippen LogP contribution in [0.2, 0.25) is 0 Å². The average molecular weight is 224 g/mol. The lowest BCUT2D eigenvalue weighted by molar-refractivity contribution is -0.102. The van der Waals surface area contributed by atoms with Crippen molar-refractivity contribution in [1.29, 1.82) is 0 Å². The molecule has 0 saturated heterocycles. The van der Waals surface area contributed by atoms with E-state index in [1.54, 1.807) is 6.07 Å². The molecule has 0 atom stereocenters. The van der Waals surface area contributed by atoms with Crippen LogP contribution in [0.1, 0.15) is 24.3 Å². The van der Waals surface area contributed by atoms with Gasteiger partial charge in [0.25, 0.3) is 0 Å². The second kappa shape index (κ2) is 4.09. The van der Waals surface area contributed by atoms with Crippen molar-refractivity contribution in [3.05, 3.63) is 35.6 Å². The van der Waals surface area contributed by atoms with Crippen LogP contribution in [0, 0.1) is 5.82 Å². The van der Waals surface area contributed by atoms with Gasteiger partial charge in [0.1, 0.15) is 5.82 Å². The second-order valence-electron chi connectivity index (χ2n) is 4.06. The first-order valence-electron chi connectivity index (χ1n) is 5.11. The van der Waals surface area contributed by atoms with Crippen molar-refractivity contribution < 1.29 is 14.4 Å².